The minimum absolute atomic E-state index is 0.153. The maximum Gasteiger partial charge on any atom is 0.419 e. The SMILES string of the molecule is CCCOc1cccc(-n2c(=O)n(S(=O)(=O)CCC)c3cc4oc(=O)n(C)c4cc32)c1. The predicted molar refractivity (Wildman–Crippen MR) is 118 cm³/mol. The summed E-state index contributed by atoms with van der Waals surface area (Å²) in [7, 11) is -2.38. The third-order valence-electron chi connectivity index (χ3n) is 5.00. The van der Waals surface area contributed by atoms with Crippen molar-refractivity contribution in [3.8, 4) is 11.4 Å². The molecule has 0 amide bonds. The van der Waals surface area contributed by atoms with Gasteiger partial charge in [0.1, 0.15) is 5.75 Å². The molecule has 0 aliphatic rings. The van der Waals surface area contributed by atoms with Crippen molar-refractivity contribution in [1.82, 2.24) is 13.1 Å². The molecule has 2 aromatic carbocycles. The summed E-state index contributed by atoms with van der Waals surface area (Å²) >= 11 is 0. The monoisotopic (exact) mass is 445 g/mol. The normalized spacial score (nSPS) is 12.1. The van der Waals surface area contributed by atoms with Crippen molar-refractivity contribution in [1.29, 1.82) is 0 Å². The second kappa shape index (κ2) is 7.77. The van der Waals surface area contributed by atoms with E-state index in [1.165, 1.54) is 15.2 Å². The first-order valence-electron chi connectivity index (χ1n) is 10.0. The molecular weight excluding hydrogens is 422 g/mol. The highest BCUT2D eigenvalue weighted by Gasteiger charge is 2.25. The Bertz CT molecular complexity index is 1500. The molecule has 4 rings (SSSR count). The van der Waals surface area contributed by atoms with Crippen LogP contribution in [0.15, 0.2) is 50.4 Å². The lowest BCUT2D eigenvalue weighted by Crippen LogP contribution is -2.30. The van der Waals surface area contributed by atoms with Crippen LogP contribution < -0.4 is 16.2 Å². The Morgan fingerprint density at radius 2 is 1.77 bits per heavy atom. The van der Waals surface area contributed by atoms with Crippen LogP contribution in [0.5, 0.6) is 5.75 Å². The number of aryl methyl sites for hydroxylation is 1. The number of imidazole rings is 1. The molecule has 0 bridgehead atoms. The summed E-state index contributed by atoms with van der Waals surface area (Å²) in [6.07, 6.45) is 1.18. The van der Waals surface area contributed by atoms with Gasteiger partial charge < -0.3 is 9.15 Å². The number of rotatable bonds is 7. The highest BCUT2D eigenvalue weighted by Crippen LogP contribution is 2.26. The zero-order chi connectivity index (χ0) is 22.3. The lowest BCUT2D eigenvalue weighted by atomic mass is 10.2. The zero-order valence-corrected chi connectivity index (χ0v) is 18.3. The Kier molecular flexibility index (Phi) is 5.26. The van der Waals surface area contributed by atoms with Crippen LogP contribution in [-0.2, 0) is 17.1 Å². The van der Waals surface area contributed by atoms with E-state index < -0.39 is 21.5 Å². The number of nitrogens with zero attached hydrogens (tertiary/aromatic N) is 3. The molecule has 0 spiro atoms. The van der Waals surface area contributed by atoms with Gasteiger partial charge in [0, 0.05) is 19.2 Å². The van der Waals surface area contributed by atoms with Crippen LogP contribution in [0.1, 0.15) is 26.7 Å². The maximum atomic E-state index is 13.4. The molecular formula is C21H23N3O6S. The van der Waals surface area contributed by atoms with Gasteiger partial charge in [-0.1, -0.05) is 19.9 Å². The molecule has 0 aliphatic heterocycles. The maximum absolute atomic E-state index is 13.4. The number of aromatic nitrogens is 3. The number of hydrogen-bond acceptors (Lipinski definition) is 6. The zero-order valence-electron chi connectivity index (χ0n) is 17.5. The van der Waals surface area contributed by atoms with Gasteiger partial charge in [-0.3, -0.25) is 9.13 Å². The van der Waals surface area contributed by atoms with Crippen molar-refractivity contribution >= 4 is 32.2 Å². The molecule has 0 unspecified atom stereocenters. The second-order valence-electron chi connectivity index (χ2n) is 7.28. The van der Waals surface area contributed by atoms with Gasteiger partial charge in [-0.25, -0.2) is 18.0 Å². The topological polar surface area (TPSA) is 105 Å². The Labute approximate surface area is 178 Å². The summed E-state index contributed by atoms with van der Waals surface area (Å²) in [4.78, 5) is 25.4. The van der Waals surface area contributed by atoms with E-state index in [9.17, 15) is 18.0 Å². The van der Waals surface area contributed by atoms with E-state index in [-0.39, 0.29) is 16.9 Å². The standard InChI is InChI=1S/C21H23N3O6S/c1-4-9-29-15-8-6-7-14(11-15)23-16-12-18-19(30-21(26)22(18)3)13-17(16)24(20(23)25)31(27,28)10-5-2/h6-8,11-13H,4-5,9-10H2,1-3H3. The van der Waals surface area contributed by atoms with Gasteiger partial charge >= 0.3 is 11.4 Å². The largest absolute Gasteiger partial charge is 0.494 e. The fourth-order valence-corrected chi connectivity index (χ4v) is 5.05. The summed E-state index contributed by atoms with van der Waals surface area (Å²) in [5, 5.41) is 0. The van der Waals surface area contributed by atoms with Crippen molar-refractivity contribution in [3.63, 3.8) is 0 Å². The molecule has 0 saturated carbocycles. The highest BCUT2D eigenvalue weighted by atomic mass is 32.2. The van der Waals surface area contributed by atoms with Crippen LogP contribution in [0.4, 0.5) is 0 Å². The van der Waals surface area contributed by atoms with E-state index in [4.69, 9.17) is 9.15 Å². The lowest BCUT2D eigenvalue weighted by Gasteiger charge is -2.08. The first kappa shape index (κ1) is 21.0. The molecule has 164 valence electrons. The molecule has 31 heavy (non-hydrogen) atoms. The molecule has 10 heteroatoms. The summed E-state index contributed by atoms with van der Waals surface area (Å²) < 4.78 is 40.2. The number of benzene rings is 2. The number of hydrogen-bond donors (Lipinski definition) is 0. The van der Waals surface area contributed by atoms with Crippen molar-refractivity contribution in [2.45, 2.75) is 26.7 Å². The molecule has 2 aromatic heterocycles. The van der Waals surface area contributed by atoms with Crippen molar-refractivity contribution in [3.05, 3.63) is 57.4 Å². The average molecular weight is 445 g/mol. The van der Waals surface area contributed by atoms with Gasteiger partial charge in [0.15, 0.2) is 5.58 Å². The van der Waals surface area contributed by atoms with E-state index >= 15 is 0 Å². The summed E-state index contributed by atoms with van der Waals surface area (Å²) in [6.45, 7) is 4.23. The van der Waals surface area contributed by atoms with E-state index in [1.807, 2.05) is 6.92 Å². The summed E-state index contributed by atoms with van der Waals surface area (Å²) in [5.74, 6) is -0.197. The molecule has 4 aromatic rings. The Balaban J connectivity index is 2.09. The van der Waals surface area contributed by atoms with Crippen molar-refractivity contribution < 1.29 is 17.6 Å². The fraction of sp³-hybridized carbons (Fsp3) is 0.333. The van der Waals surface area contributed by atoms with Crippen LogP contribution in [0.25, 0.3) is 27.8 Å². The Morgan fingerprint density at radius 3 is 2.48 bits per heavy atom. The minimum atomic E-state index is -3.93. The number of oxazole rings is 1. The third kappa shape index (κ3) is 3.46. The van der Waals surface area contributed by atoms with Gasteiger partial charge in [-0.05, 0) is 31.0 Å². The first-order valence-corrected chi connectivity index (χ1v) is 11.6. The van der Waals surface area contributed by atoms with Gasteiger partial charge in [0.25, 0.3) is 0 Å². The number of ether oxygens (including phenoxy) is 1. The molecule has 0 saturated heterocycles. The highest BCUT2D eigenvalue weighted by molar-refractivity contribution is 7.90. The average Bonchev–Trinajstić information content (AvgIpc) is 3.17. The molecule has 0 N–H and O–H groups in total. The minimum Gasteiger partial charge on any atom is -0.494 e. The van der Waals surface area contributed by atoms with E-state index in [2.05, 4.69) is 0 Å². The van der Waals surface area contributed by atoms with Crippen LogP contribution in [0.2, 0.25) is 0 Å². The summed E-state index contributed by atoms with van der Waals surface area (Å²) in [5.41, 5.74) is 0.907. The van der Waals surface area contributed by atoms with E-state index in [0.717, 1.165) is 10.4 Å². The Morgan fingerprint density at radius 1 is 1.00 bits per heavy atom. The number of fused-ring (bicyclic) bond motifs is 2. The lowest BCUT2D eigenvalue weighted by molar-refractivity contribution is 0.317. The fourth-order valence-electron chi connectivity index (χ4n) is 3.59. The van der Waals surface area contributed by atoms with Gasteiger partial charge in [-0.2, -0.15) is 3.97 Å². The quantitative estimate of drug-likeness (QED) is 0.433. The van der Waals surface area contributed by atoms with Crippen LogP contribution in [0, 0.1) is 0 Å². The molecule has 0 fully saturated rings. The Hall–Kier alpha value is -3.27. The third-order valence-corrected chi connectivity index (χ3v) is 6.84. The van der Waals surface area contributed by atoms with Gasteiger partial charge in [0.05, 0.1) is 34.6 Å². The summed E-state index contributed by atoms with van der Waals surface area (Å²) in [6, 6.07) is 9.92. The smallest absolute Gasteiger partial charge is 0.419 e. The second-order valence-corrected chi connectivity index (χ2v) is 9.22. The van der Waals surface area contributed by atoms with Crippen molar-refractivity contribution in [2.24, 2.45) is 7.05 Å². The molecule has 9 nitrogen and oxygen atoms in total. The predicted octanol–water partition coefficient (Wildman–Crippen LogP) is 2.61. The van der Waals surface area contributed by atoms with Crippen LogP contribution in [0.3, 0.4) is 0 Å². The van der Waals surface area contributed by atoms with Crippen LogP contribution in [-0.4, -0.2) is 33.9 Å². The van der Waals surface area contributed by atoms with E-state index in [0.29, 0.717) is 35.5 Å². The van der Waals surface area contributed by atoms with Crippen molar-refractivity contribution in [2.75, 3.05) is 12.4 Å². The molecule has 0 aliphatic carbocycles. The molecule has 2 heterocycles. The molecule has 0 atom stereocenters. The molecule has 0 radical (unpaired) electrons. The van der Waals surface area contributed by atoms with Gasteiger partial charge in [0.2, 0.25) is 10.0 Å². The van der Waals surface area contributed by atoms with E-state index in [1.54, 1.807) is 44.3 Å². The first-order chi connectivity index (χ1) is 14.8. The van der Waals surface area contributed by atoms with Gasteiger partial charge in [-0.15, -0.1) is 0 Å². The van der Waals surface area contributed by atoms with Crippen LogP contribution >= 0.6 is 0 Å².